The van der Waals surface area contributed by atoms with Crippen LogP contribution in [-0.4, -0.2) is 29.4 Å². The van der Waals surface area contributed by atoms with E-state index in [0.717, 1.165) is 0 Å². The Labute approximate surface area is 148 Å². The zero-order valence-corrected chi connectivity index (χ0v) is 13.7. The second kappa shape index (κ2) is 8.70. The Morgan fingerprint density at radius 2 is 1.92 bits per heavy atom. The predicted octanol–water partition coefficient (Wildman–Crippen LogP) is 2.29. The third-order valence-electron chi connectivity index (χ3n) is 3.07. The van der Waals surface area contributed by atoms with Crippen molar-refractivity contribution in [1.29, 1.82) is 0 Å². The molecular weight excluding hydrogens is 348 g/mol. The first kappa shape index (κ1) is 18.3. The number of rotatable bonds is 7. The molecule has 0 saturated heterocycles. The fraction of sp³-hybridized carbons (Fsp3) is 0.118. The van der Waals surface area contributed by atoms with E-state index in [2.05, 4.69) is 10.6 Å². The lowest BCUT2D eigenvalue weighted by molar-refractivity contribution is -0.136. The van der Waals surface area contributed by atoms with Crippen LogP contribution in [0.5, 0.6) is 0 Å². The molecule has 1 heterocycles. The number of hydrogen-bond acceptors (Lipinski definition) is 4. The molecule has 0 aliphatic rings. The van der Waals surface area contributed by atoms with Gasteiger partial charge in [-0.1, -0.05) is 23.7 Å². The number of hydrogen-bond donors (Lipinski definition) is 3. The van der Waals surface area contributed by atoms with Crippen LogP contribution in [0.2, 0.25) is 5.02 Å². The fourth-order valence-corrected chi connectivity index (χ4v) is 2.11. The normalized spacial score (nSPS) is 11.0. The van der Waals surface area contributed by atoms with Gasteiger partial charge in [0, 0.05) is 12.6 Å². The van der Waals surface area contributed by atoms with E-state index in [1.54, 1.807) is 30.3 Å². The van der Waals surface area contributed by atoms with Crippen molar-refractivity contribution in [3.8, 4) is 0 Å². The van der Waals surface area contributed by atoms with Crippen molar-refractivity contribution in [1.82, 2.24) is 10.6 Å². The van der Waals surface area contributed by atoms with E-state index in [1.165, 1.54) is 18.4 Å². The van der Waals surface area contributed by atoms with Crippen molar-refractivity contribution in [2.45, 2.75) is 6.42 Å². The van der Waals surface area contributed by atoms with E-state index < -0.39 is 17.8 Å². The van der Waals surface area contributed by atoms with Gasteiger partial charge >= 0.3 is 5.97 Å². The van der Waals surface area contributed by atoms with Gasteiger partial charge in [0.1, 0.15) is 11.5 Å². The topological polar surface area (TPSA) is 109 Å². The summed E-state index contributed by atoms with van der Waals surface area (Å²) >= 11 is 5.98. The molecule has 2 amide bonds. The summed E-state index contributed by atoms with van der Waals surface area (Å²) in [4.78, 5) is 35.1. The van der Waals surface area contributed by atoms with Gasteiger partial charge in [0.25, 0.3) is 11.8 Å². The van der Waals surface area contributed by atoms with Crippen molar-refractivity contribution in [3.05, 3.63) is 64.7 Å². The predicted molar refractivity (Wildman–Crippen MR) is 90.9 cm³/mol. The Morgan fingerprint density at radius 3 is 2.56 bits per heavy atom. The minimum atomic E-state index is -1.04. The van der Waals surface area contributed by atoms with E-state index in [1.807, 2.05) is 0 Å². The number of aliphatic carboxylic acids is 1. The molecule has 1 aromatic carbocycles. The molecule has 7 nitrogen and oxygen atoms in total. The maximum absolute atomic E-state index is 12.3. The number of carbonyl (C=O) groups excluding carboxylic acids is 2. The molecule has 0 fully saturated rings. The minimum absolute atomic E-state index is 0.0778. The first-order valence-electron chi connectivity index (χ1n) is 7.28. The highest BCUT2D eigenvalue weighted by molar-refractivity contribution is 6.34. The van der Waals surface area contributed by atoms with Crippen molar-refractivity contribution >= 4 is 35.5 Å². The van der Waals surface area contributed by atoms with E-state index in [-0.39, 0.29) is 29.2 Å². The van der Waals surface area contributed by atoms with Gasteiger partial charge in [0.15, 0.2) is 0 Å². The van der Waals surface area contributed by atoms with Gasteiger partial charge in [-0.25, -0.2) is 0 Å². The lowest BCUT2D eigenvalue weighted by atomic mass is 10.2. The van der Waals surface area contributed by atoms with Crippen LogP contribution in [0.25, 0.3) is 6.08 Å². The molecule has 0 saturated carbocycles. The lowest BCUT2D eigenvalue weighted by Gasteiger charge is -2.11. The SMILES string of the molecule is O=C(O)CCNC(=O)C(=Cc1ccco1)NC(=O)c1ccccc1Cl. The summed E-state index contributed by atoms with van der Waals surface area (Å²) in [5, 5.41) is 13.8. The molecule has 0 spiro atoms. The molecule has 0 bridgehead atoms. The Bertz CT molecular complexity index is 799. The monoisotopic (exact) mass is 362 g/mol. The largest absolute Gasteiger partial charge is 0.481 e. The van der Waals surface area contributed by atoms with Crippen LogP contribution in [0.4, 0.5) is 0 Å². The summed E-state index contributed by atoms with van der Waals surface area (Å²) in [6, 6.07) is 9.62. The first-order chi connectivity index (χ1) is 12.0. The number of furan rings is 1. The zero-order valence-electron chi connectivity index (χ0n) is 13.0. The molecule has 8 heteroatoms. The summed E-state index contributed by atoms with van der Waals surface area (Å²) in [5.41, 5.74) is 0.109. The lowest BCUT2D eigenvalue weighted by Crippen LogP contribution is -2.35. The van der Waals surface area contributed by atoms with Crippen LogP contribution in [0, 0.1) is 0 Å². The van der Waals surface area contributed by atoms with Crippen LogP contribution in [0.15, 0.2) is 52.8 Å². The number of benzene rings is 1. The third kappa shape index (κ3) is 5.50. The average Bonchev–Trinajstić information content (AvgIpc) is 3.07. The fourth-order valence-electron chi connectivity index (χ4n) is 1.89. The molecule has 0 aliphatic carbocycles. The minimum Gasteiger partial charge on any atom is -0.481 e. The number of carboxylic acids is 1. The van der Waals surface area contributed by atoms with Crippen LogP contribution in [0.1, 0.15) is 22.5 Å². The van der Waals surface area contributed by atoms with Crippen molar-refractivity contribution in [3.63, 3.8) is 0 Å². The maximum Gasteiger partial charge on any atom is 0.305 e. The Hall–Kier alpha value is -3.06. The average molecular weight is 363 g/mol. The summed E-state index contributed by atoms with van der Waals surface area (Å²) in [6.45, 7) is -0.0778. The quantitative estimate of drug-likeness (QED) is 0.655. The highest BCUT2D eigenvalue weighted by Crippen LogP contribution is 2.15. The van der Waals surface area contributed by atoms with Gasteiger partial charge < -0.3 is 20.2 Å². The summed E-state index contributed by atoms with van der Waals surface area (Å²) in [7, 11) is 0. The molecule has 0 radical (unpaired) electrons. The van der Waals surface area contributed by atoms with Crippen molar-refractivity contribution in [2.24, 2.45) is 0 Å². The second-order valence-corrected chi connectivity index (χ2v) is 5.31. The van der Waals surface area contributed by atoms with E-state index in [9.17, 15) is 14.4 Å². The molecule has 25 heavy (non-hydrogen) atoms. The molecule has 0 atom stereocenters. The zero-order chi connectivity index (χ0) is 18.2. The van der Waals surface area contributed by atoms with Crippen molar-refractivity contribution in [2.75, 3.05) is 6.54 Å². The summed E-state index contributed by atoms with van der Waals surface area (Å²) < 4.78 is 5.14. The molecule has 130 valence electrons. The molecule has 0 aliphatic heterocycles. The number of carbonyl (C=O) groups is 3. The van der Waals surface area contributed by atoms with Crippen LogP contribution in [0.3, 0.4) is 0 Å². The maximum atomic E-state index is 12.3. The summed E-state index contributed by atoms with van der Waals surface area (Å²) in [5.74, 6) is -1.91. The number of amides is 2. The molecule has 0 unspecified atom stereocenters. The number of carboxylic acid groups (broad SMARTS) is 1. The van der Waals surface area contributed by atoms with Crippen LogP contribution >= 0.6 is 11.6 Å². The number of nitrogens with one attached hydrogen (secondary N) is 2. The van der Waals surface area contributed by atoms with Crippen molar-refractivity contribution < 1.29 is 23.9 Å². The summed E-state index contributed by atoms with van der Waals surface area (Å²) in [6.07, 6.45) is 2.52. The third-order valence-corrected chi connectivity index (χ3v) is 3.40. The highest BCUT2D eigenvalue weighted by Gasteiger charge is 2.17. The van der Waals surface area contributed by atoms with E-state index in [4.69, 9.17) is 21.1 Å². The molecule has 3 N–H and O–H groups in total. The number of halogens is 1. The van der Waals surface area contributed by atoms with Gasteiger partial charge in [0.05, 0.1) is 23.3 Å². The van der Waals surface area contributed by atoms with Gasteiger partial charge in [-0.15, -0.1) is 0 Å². The van der Waals surface area contributed by atoms with Gasteiger partial charge in [-0.05, 0) is 24.3 Å². The molecule has 1 aromatic heterocycles. The molecule has 2 rings (SSSR count). The van der Waals surface area contributed by atoms with Gasteiger partial charge in [-0.2, -0.15) is 0 Å². The highest BCUT2D eigenvalue weighted by atomic mass is 35.5. The second-order valence-electron chi connectivity index (χ2n) is 4.91. The molecular formula is C17H15ClN2O5. The van der Waals surface area contributed by atoms with Crippen LogP contribution in [-0.2, 0) is 9.59 Å². The van der Waals surface area contributed by atoms with Gasteiger partial charge in [0.2, 0.25) is 0 Å². The van der Waals surface area contributed by atoms with Crippen LogP contribution < -0.4 is 10.6 Å². The van der Waals surface area contributed by atoms with Gasteiger partial charge in [-0.3, -0.25) is 14.4 Å². The standard InChI is InChI=1S/C17H15ClN2O5/c18-13-6-2-1-5-12(13)16(23)20-14(10-11-4-3-9-25-11)17(24)19-8-7-15(21)22/h1-6,9-10H,7-8H2,(H,19,24)(H,20,23)(H,21,22). The Morgan fingerprint density at radius 1 is 1.16 bits per heavy atom. The van der Waals surface area contributed by atoms with E-state index >= 15 is 0 Å². The molecule has 2 aromatic rings. The van der Waals surface area contributed by atoms with E-state index in [0.29, 0.717) is 5.76 Å². The first-order valence-corrected chi connectivity index (χ1v) is 7.66. The Balaban J connectivity index is 2.17. The smallest absolute Gasteiger partial charge is 0.305 e. The Kier molecular flexibility index (Phi) is 6.36.